The van der Waals surface area contributed by atoms with Crippen molar-refractivity contribution in [2.75, 3.05) is 33.2 Å². The van der Waals surface area contributed by atoms with Crippen molar-refractivity contribution < 1.29 is 9.32 Å². The summed E-state index contributed by atoms with van der Waals surface area (Å²) in [6, 6.07) is 3.90. The smallest absolute Gasteiger partial charge is 0.147 e. The van der Waals surface area contributed by atoms with Crippen LogP contribution in [-0.4, -0.2) is 44.5 Å². The van der Waals surface area contributed by atoms with E-state index in [9.17, 15) is 0 Å². The van der Waals surface area contributed by atoms with Gasteiger partial charge in [-0.3, -0.25) is 5.01 Å². The average Bonchev–Trinajstić information content (AvgIpc) is 2.64. The van der Waals surface area contributed by atoms with Gasteiger partial charge in [-0.25, -0.2) is 0 Å². The molecule has 1 fully saturated rings. The van der Waals surface area contributed by atoms with E-state index < -0.39 is 0 Å². The maximum Gasteiger partial charge on any atom is 0.147 e. The molecule has 1 aliphatic rings. The van der Waals surface area contributed by atoms with Crippen LogP contribution in [0.4, 0.5) is 0 Å². The van der Waals surface area contributed by atoms with Crippen molar-refractivity contribution in [3.05, 3.63) is 23.7 Å². The minimum absolute atomic E-state index is 0.832. The molecule has 1 saturated heterocycles. The Kier molecular flexibility index (Phi) is 3.06. The van der Waals surface area contributed by atoms with E-state index in [0.717, 1.165) is 37.7 Å². The van der Waals surface area contributed by atoms with Crippen LogP contribution in [-0.2, 0) is 0 Å². The van der Waals surface area contributed by atoms with Crippen molar-refractivity contribution in [3.63, 3.8) is 0 Å². The summed E-state index contributed by atoms with van der Waals surface area (Å²) < 4.78 is 5.41. The summed E-state index contributed by atoms with van der Waals surface area (Å²) in [5, 5.41) is 6.50. The highest BCUT2D eigenvalue weighted by molar-refractivity contribution is 5.75. The zero-order valence-electron chi connectivity index (χ0n) is 9.36. The summed E-state index contributed by atoms with van der Waals surface area (Å²) in [6.07, 6.45) is 1.80. The predicted molar refractivity (Wildman–Crippen MR) is 59.2 cm³/mol. The fourth-order valence-corrected chi connectivity index (χ4v) is 1.65. The summed E-state index contributed by atoms with van der Waals surface area (Å²) in [5.74, 6) is 1.76. The van der Waals surface area contributed by atoms with E-state index in [1.54, 1.807) is 11.1 Å². The van der Waals surface area contributed by atoms with Gasteiger partial charge in [0.05, 0.1) is 39.4 Å². The van der Waals surface area contributed by atoms with Crippen LogP contribution >= 0.6 is 0 Å². The zero-order chi connectivity index (χ0) is 10.7. The second kappa shape index (κ2) is 4.49. The van der Waals surface area contributed by atoms with Crippen molar-refractivity contribution in [3.8, 4) is 0 Å². The molecule has 4 nitrogen and oxygen atoms in total. The number of hydrogen-bond donors (Lipinski definition) is 1. The molecule has 0 aromatic carbocycles. The molecule has 0 amide bonds. The molecule has 1 N–H and O–H groups in total. The highest BCUT2D eigenvalue weighted by Gasteiger charge is 2.13. The molecule has 1 aromatic rings. The molecule has 0 atom stereocenters. The second-order valence-electron chi connectivity index (χ2n) is 4.10. The molecule has 1 aliphatic heterocycles. The van der Waals surface area contributed by atoms with Crippen LogP contribution in [0.15, 0.2) is 21.7 Å². The van der Waals surface area contributed by atoms with Crippen LogP contribution in [0.2, 0.25) is 0 Å². The van der Waals surface area contributed by atoms with Crippen LogP contribution in [0, 0.1) is 6.92 Å². The van der Waals surface area contributed by atoms with E-state index in [2.05, 4.69) is 17.2 Å². The number of rotatable bonds is 2. The van der Waals surface area contributed by atoms with Crippen LogP contribution in [0.1, 0.15) is 11.5 Å². The summed E-state index contributed by atoms with van der Waals surface area (Å²) in [7, 11) is 2.22. The van der Waals surface area contributed by atoms with Gasteiger partial charge in [0.2, 0.25) is 0 Å². The van der Waals surface area contributed by atoms with Gasteiger partial charge in [-0.15, -0.1) is 0 Å². The van der Waals surface area contributed by atoms with Crippen LogP contribution in [0.3, 0.4) is 0 Å². The van der Waals surface area contributed by atoms with Crippen LogP contribution < -0.4 is 4.90 Å². The number of hydrogen-bond acceptors (Lipinski definition) is 3. The molecule has 2 rings (SSSR count). The first kappa shape index (κ1) is 10.2. The van der Waals surface area contributed by atoms with E-state index in [-0.39, 0.29) is 0 Å². The number of quaternary nitrogens is 1. The maximum absolute atomic E-state index is 5.41. The molecular weight excluding hydrogens is 190 g/mol. The Hall–Kier alpha value is -1.29. The Morgan fingerprint density at radius 1 is 1.40 bits per heavy atom. The number of likely N-dealkylation sites (N-methyl/N-ethyl adjacent to an activating group) is 1. The Morgan fingerprint density at radius 3 is 2.73 bits per heavy atom. The molecule has 2 heterocycles. The molecule has 0 saturated carbocycles. The molecule has 0 aliphatic carbocycles. The van der Waals surface area contributed by atoms with Gasteiger partial charge in [0.1, 0.15) is 11.5 Å². The average molecular weight is 208 g/mol. The van der Waals surface area contributed by atoms with E-state index in [0.29, 0.717) is 0 Å². The number of furan rings is 1. The SMILES string of the molecule is Cc1ccc(/C=N\N2CC[NH+](C)CC2)o1. The molecule has 0 bridgehead atoms. The predicted octanol–water partition coefficient (Wildman–Crippen LogP) is -0.248. The zero-order valence-corrected chi connectivity index (χ0v) is 9.36. The molecule has 0 radical (unpaired) electrons. The highest BCUT2D eigenvalue weighted by atomic mass is 16.3. The maximum atomic E-state index is 5.41. The van der Waals surface area contributed by atoms with Crippen LogP contribution in [0.25, 0.3) is 0 Å². The van der Waals surface area contributed by atoms with Crippen molar-refractivity contribution >= 4 is 6.21 Å². The van der Waals surface area contributed by atoms with Crippen molar-refractivity contribution in [2.24, 2.45) is 5.10 Å². The van der Waals surface area contributed by atoms with Crippen LogP contribution in [0.5, 0.6) is 0 Å². The molecule has 4 heteroatoms. The van der Waals surface area contributed by atoms with Crippen molar-refractivity contribution in [1.82, 2.24) is 5.01 Å². The number of piperazine rings is 1. The number of aryl methyl sites for hydroxylation is 1. The van der Waals surface area contributed by atoms with Gasteiger partial charge < -0.3 is 9.32 Å². The minimum Gasteiger partial charge on any atom is -0.460 e. The quantitative estimate of drug-likeness (QED) is 0.680. The lowest BCUT2D eigenvalue weighted by molar-refractivity contribution is -0.884. The monoisotopic (exact) mass is 208 g/mol. The van der Waals surface area contributed by atoms with E-state index in [1.807, 2.05) is 19.1 Å². The number of nitrogens with one attached hydrogen (secondary N) is 1. The topological polar surface area (TPSA) is 33.2 Å². The van der Waals surface area contributed by atoms with Gasteiger partial charge in [-0.05, 0) is 19.1 Å². The summed E-state index contributed by atoms with van der Waals surface area (Å²) in [6.45, 7) is 6.32. The van der Waals surface area contributed by atoms with E-state index in [1.165, 1.54) is 0 Å². The largest absolute Gasteiger partial charge is 0.460 e. The lowest BCUT2D eigenvalue weighted by Gasteiger charge is -2.27. The lowest BCUT2D eigenvalue weighted by Crippen LogP contribution is -3.11. The second-order valence-corrected chi connectivity index (χ2v) is 4.10. The van der Waals surface area contributed by atoms with Gasteiger partial charge in [-0.2, -0.15) is 5.10 Å². The molecule has 0 unspecified atom stereocenters. The third-order valence-corrected chi connectivity index (χ3v) is 2.70. The summed E-state index contributed by atoms with van der Waals surface area (Å²) in [4.78, 5) is 1.58. The summed E-state index contributed by atoms with van der Waals surface area (Å²) >= 11 is 0. The Balaban J connectivity index is 1.89. The highest BCUT2D eigenvalue weighted by Crippen LogP contribution is 2.03. The van der Waals surface area contributed by atoms with Gasteiger partial charge in [0.25, 0.3) is 0 Å². The molecule has 82 valence electrons. The van der Waals surface area contributed by atoms with E-state index in [4.69, 9.17) is 4.42 Å². The molecule has 1 aromatic heterocycles. The first-order valence-corrected chi connectivity index (χ1v) is 5.41. The lowest BCUT2D eigenvalue weighted by atomic mass is 10.4. The van der Waals surface area contributed by atoms with Gasteiger partial charge in [-0.1, -0.05) is 0 Å². The minimum atomic E-state index is 0.832. The Morgan fingerprint density at radius 2 is 2.13 bits per heavy atom. The fraction of sp³-hybridized carbons (Fsp3) is 0.545. The van der Waals surface area contributed by atoms with Gasteiger partial charge >= 0.3 is 0 Å². The Bertz CT molecular complexity index is 337. The standard InChI is InChI=1S/C11H17N3O/c1-10-3-4-11(15-10)9-12-14-7-5-13(2)6-8-14/h3-4,9H,5-8H2,1-2H3/p+1/b12-9-. The number of nitrogens with zero attached hydrogens (tertiary/aromatic N) is 2. The Labute approximate surface area is 90.2 Å². The van der Waals surface area contributed by atoms with Gasteiger partial charge in [0, 0.05) is 0 Å². The molecular formula is C11H18N3O+. The summed E-state index contributed by atoms with van der Waals surface area (Å²) in [5.41, 5.74) is 0. The third kappa shape index (κ3) is 2.83. The van der Waals surface area contributed by atoms with Crippen molar-refractivity contribution in [1.29, 1.82) is 0 Å². The first-order chi connectivity index (χ1) is 7.24. The first-order valence-electron chi connectivity index (χ1n) is 5.41. The third-order valence-electron chi connectivity index (χ3n) is 2.70. The normalized spacial score (nSPS) is 18.9. The fourth-order valence-electron chi connectivity index (χ4n) is 1.65. The number of hydrazone groups is 1. The molecule has 0 spiro atoms. The van der Waals surface area contributed by atoms with Crippen molar-refractivity contribution in [2.45, 2.75) is 6.92 Å². The van der Waals surface area contributed by atoms with E-state index >= 15 is 0 Å². The van der Waals surface area contributed by atoms with Gasteiger partial charge in [0.15, 0.2) is 0 Å². The molecule has 15 heavy (non-hydrogen) atoms.